The average molecular weight is 512 g/mol. The molecule has 0 atom stereocenters. The summed E-state index contributed by atoms with van der Waals surface area (Å²) in [5.41, 5.74) is 1.27. The molecule has 7 heteroatoms. The molecule has 0 saturated heterocycles. The largest absolute Gasteiger partial charge is 0.356 e. The molecule has 0 amide bonds. The number of halogens is 1. The van der Waals surface area contributed by atoms with Crippen molar-refractivity contribution in [3.8, 4) is 0 Å². The Morgan fingerprint density at radius 1 is 1.10 bits per heavy atom. The number of guanidine groups is 1. The molecule has 1 aromatic carbocycles. The average Bonchev–Trinajstić information content (AvgIpc) is 3.11. The van der Waals surface area contributed by atoms with Gasteiger partial charge in [-0.05, 0) is 39.7 Å². The molecule has 0 unspecified atom stereocenters. The molecule has 2 N–H and O–H groups in total. The number of rotatable bonds is 10. The quantitative estimate of drug-likeness (QED) is 0.221. The van der Waals surface area contributed by atoms with Gasteiger partial charge in [-0.2, -0.15) is 0 Å². The van der Waals surface area contributed by atoms with Crippen LogP contribution in [0, 0.1) is 0 Å². The van der Waals surface area contributed by atoms with Crippen LogP contribution in [0.1, 0.15) is 45.5 Å². The van der Waals surface area contributed by atoms with Gasteiger partial charge in [0.05, 0.1) is 6.54 Å². The van der Waals surface area contributed by atoms with Crippen LogP contribution in [0.4, 0.5) is 0 Å². The minimum absolute atomic E-state index is 0. The van der Waals surface area contributed by atoms with E-state index in [1.165, 1.54) is 5.56 Å². The predicted octanol–water partition coefficient (Wildman–Crippen LogP) is 3.72. The van der Waals surface area contributed by atoms with E-state index in [4.69, 9.17) is 0 Å². The van der Waals surface area contributed by atoms with Crippen LogP contribution < -0.4 is 10.6 Å². The molecule has 0 aliphatic carbocycles. The topological polar surface area (TPSA) is 57.5 Å². The van der Waals surface area contributed by atoms with Crippen molar-refractivity contribution in [2.24, 2.45) is 4.99 Å². The second kappa shape index (κ2) is 13.6. The Morgan fingerprint density at radius 3 is 2.41 bits per heavy atom. The highest BCUT2D eigenvalue weighted by Gasteiger charge is 2.12. The smallest absolute Gasteiger partial charge is 0.191 e. The zero-order chi connectivity index (χ0) is 20.4. The number of hydrogen-bond donors (Lipinski definition) is 2. The summed E-state index contributed by atoms with van der Waals surface area (Å²) in [6, 6.07) is 11.6. The Hall–Kier alpha value is -1.61. The van der Waals surface area contributed by atoms with Crippen molar-refractivity contribution in [3.05, 3.63) is 54.1 Å². The normalized spacial score (nSPS) is 11.8. The molecule has 2 rings (SSSR count). The van der Waals surface area contributed by atoms with E-state index in [-0.39, 0.29) is 24.0 Å². The number of imidazole rings is 1. The Bertz CT molecular complexity index is 703. The van der Waals surface area contributed by atoms with E-state index in [0.29, 0.717) is 18.6 Å². The van der Waals surface area contributed by atoms with E-state index in [1.54, 1.807) is 7.05 Å². The zero-order valence-electron chi connectivity index (χ0n) is 18.4. The second-order valence-electron chi connectivity index (χ2n) is 7.59. The number of hydrogen-bond acceptors (Lipinski definition) is 3. The summed E-state index contributed by atoms with van der Waals surface area (Å²) in [6.45, 7) is 12.5. The summed E-state index contributed by atoms with van der Waals surface area (Å²) in [5.74, 6) is 1.81. The van der Waals surface area contributed by atoms with Crippen molar-refractivity contribution in [2.75, 3.05) is 20.1 Å². The van der Waals surface area contributed by atoms with Gasteiger partial charge in [-0.1, -0.05) is 30.3 Å². The van der Waals surface area contributed by atoms with Crippen LogP contribution in [0.2, 0.25) is 0 Å². The van der Waals surface area contributed by atoms with Gasteiger partial charge in [-0.25, -0.2) is 4.98 Å². The lowest BCUT2D eigenvalue weighted by Crippen LogP contribution is -2.41. The monoisotopic (exact) mass is 512 g/mol. The van der Waals surface area contributed by atoms with Gasteiger partial charge in [0.1, 0.15) is 5.82 Å². The van der Waals surface area contributed by atoms with Gasteiger partial charge < -0.3 is 15.2 Å². The predicted molar refractivity (Wildman–Crippen MR) is 133 cm³/mol. The van der Waals surface area contributed by atoms with E-state index >= 15 is 0 Å². The molecular weight excluding hydrogens is 475 g/mol. The fourth-order valence-electron chi connectivity index (χ4n) is 3.40. The van der Waals surface area contributed by atoms with Gasteiger partial charge in [0.2, 0.25) is 0 Å². The maximum absolute atomic E-state index is 4.49. The van der Waals surface area contributed by atoms with E-state index in [9.17, 15) is 0 Å². The Balaban J connectivity index is 0.00000420. The minimum atomic E-state index is 0. The highest BCUT2D eigenvalue weighted by molar-refractivity contribution is 14.0. The van der Waals surface area contributed by atoms with Gasteiger partial charge >= 0.3 is 0 Å². The first-order valence-electron chi connectivity index (χ1n) is 10.3. The van der Waals surface area contributed by atoms with Crippen molar-refractivity contribution >= 4 is 29.9 Å². The molecule has 0 radical (unpaired) electrons. The summed E-state index contributed by atoms with van der Waals surface area (Å²) < 4.78 is 2.17. The summed E-state index contributed by atoms with van der Waals surface area (Å²) in [4.78, 5) is 11.3. The Labute approximate surface area is 193 Å². The standard InChI is InChI=1S/C22H36N6.HI/c1-18(2)28(19(3)4)14-9-12-25-22(23-5)26-16-21-24-13-15-27(21)17-20-10-7-6-8-11-20;/h6-8,10-11,13,15,18-19H,9,12,14,16-17H2,1-5H3,(H2,23,25,26);1H. The fourth-order valence-corrected chi connectivity index (χ4v) is 3.40. The van der Waals surface area contributed by atoms with Crippen molar-refractivity contribution in [1.29, 1.82) is 0 Å². The molecule has 2 aromatic rings. The molecule has 0 spiro atoms. The molecule has 0 fully saturated rings. The van der Waals surface area contributed by atoms with E-state index in [2.05, 4.69) is 82.0 Å². The molecule has 1 aromatic heterocycles. The summed E-state index contributed by atoms with van der Waals surface area (Å²) in [7, 11) is 1.81. The third kappa shape index (κ3) is 8.74. The molecule has 162 valence electrons. The first-order chi connectivity index (χ1) is 13.5. The highest BCUT2D eigenvalue weighted by Crippen LogP contribution is 2.06. The van der Waals surface area contributed by atoms with E-state index in [1.807, 2.05) is 18.5 Å². The van der Waals surface area contributed by atoms with Gasteiger partial charge in [0.25, 0.3) is 0 Å². The molecule has 29 heavy (non-hydrogen) atoms. The van der Waals surface area contributed by atoms with Gasteiger partial charge in [-0.15, -0.1) is 24.0 Å². The molecular formula is C22H37IN6. The number of aromatic nitrogens is 2. The lowest BCUT2D eigenvalue weighted by Gasteiger charge is -2.30. The van der Waals surface area contributed by atoms with Gasteiger partial charge in [0, 0.05) is 51.2 Å². The van der Waals surface area contributed by atoms with Gasteiger partial charge in [-0.3, -0.25) is 9.89 Å². The van der Waals surface area contributed by atoms with Crippen LogP contribution >= 0.6 is 24.0 Å². The van der Waals surface area contributed by atoms with Crippen LogP contribution in [0.15, 0.2) is 47.7 Å². The van der Waals surface area contributed by atoms with E-state index < -0.39 is 0 Å². The number of nitrogens with one attached hydrogen (secondary N) is 2. The lowest BCUT2D eigenvalue weighted by molar-refractivity contribution is 0.173. The van der Waals surface area contributed by atoms with Crippen molar-refractivity contribution < 1.29 is 0 Å². The maximum Gasteiger partial charge on any atom is 0.191 e. The maximum atomic E-state index is 4.49. The SMILES string of the molecule is CN=C(NCCCN(C(C)C)C(C)C)NCc1nccn1Cc1ccccc1.I. The fraction of sp³-hybridized carbons (Fsp3) is 0.545. The van der Waals surface area contributed by atoms with Gasteiger partial charge in [0.15, 0.2) is 5.96 Å². The second-order valence-corrected chi connectivity index (χ2v) is 7.59. The highest BCUT2D eigenvalue weighted by atomic mass is 127. The lowest BCUT2D eigenvalue weighted by atomic mass is 10.2. The first-order valence-corrected chi connectivity index (χ1v) is 10.3. The van der Waals surface area contributed by atoms with E-state index in [0.717, 1.165) is 37.8 Å². The Morgan fingerprint density at radius 2 is 1.79 bits per heavy atom. The van der Waals surface area contributed by atoms with Crippen LogP contribution in [-0.4, -0.2) is 52.6 Å². The number of benzene rings is 1. The molecule has 1 heterocycles. The van der Waals surface area contributed by atoms with Crippen molar-refractivity contribution in [2.45, 2.75) is 59.3 Å². The third-order valence-electron chi connectivity index (χ3n) is 4.85. The number of nitrogens with zero attached hydrogens (tertiary/aromatic N) is 4. The van der Waals surface area contributed by atoms with Crippen molar-refractivity contribution in [3.63, 3.8) is 0 Å². The van der Waals surface area contributed by atoms with Crippen LogP contribution in [-0.2, 0) is 13.1 Å². The third-order valence-corrected chi connectivity index (χ3v) is 4.85. The molecule has 0 saturated carbocycles. The number of aliphatic imine (C=N–C) groups is 1. The molecule has 0 bridgehead atoms. The summed E-state index contributed by atoms with van der Waals surface area (Å²) in [6.07, 6.45) is 4.95. The zero-order valence-corrected chi connectivity index (χ0v) is 20.8. The summed E-state index contributed by atoms with van der Waals surface area (Å²) >= 11 is 0. The Kier molecular flexibility index (Phi) is 11.9. The first kappa shape index (κ1) is 25.4. The molecule has 0 aliphatic rings. The van der Waals surface area contributed by atoms with Crippen LogP contribution in [0.5, 0.6) is 0 Å². The molecule has 6 nitrogen and oxygen atoms in total. The van der Waals surface area contributed by atoms with Crippen LogP contribution in [0.25, 0.3) is 0 Å². The van der Waals surface area contributed by atoms with Crippen LogP contribution in [0.3, 0.4) is 0 Å². The summed E-state index contributed by atoms with van der Waals surface area (Å²) in [5, 5.41) is 6.78. The minimum Gasteiger partial charge on any atom is -0.356 e. The van der Waals surface area contributed by atoms with Crippen molar-refractivity contribution in [1.82, 2.24) is 25.1 Å². The molecule has 0 aliphatic heterocycles.